The van der Waals surface area contributed by atoms with E-state index < -0.39 is 10.0 Å². The van der Waals surface area contributed by atoms with Crippen LogP contribution in [0.15, 0.2) is 29.2 Å². The van der Waals surface area contributed by atoms with Crippen LogP contribution in [0.5, 0.6) is 0 Å². The van der Waals surface area contributed by atoms with E-state index in [0.29, 0.717) is 19.0 Å². The van der Waals surface area contributed by atoms with Crippen molar-refractivity contribution in [2.24, 2.45) is 0 Å². The van der Waals surface area contributed by atoms with Gasteiger partial charge in [0, 0.05) is 30.7 Å². The highest BCUT2D eigenvalue weighted by atomic mass is 32.2. The van der Waals surface area contributed by atoms with Gasteiger partial charge < -0.3 is 9.80 Å². The van der Waals surface area contributed by atoms with Crippen LogP contribution in [0.1, 0.15) is 39.5 Å². The zero-order chi connectivity index (χ0) is 18.0. The highest BCUT2D eigenvalue weighted by Gasteiger charge is 2.26. The Morgan fingerprint density at radius 2 is 1.72 bits per heavy atom. The Kier molecular flexibility index (Phi) is 5.46. The number of sulfonamides is 1. The van der Waals surface area contributed by atoms with Crippen molar-refractivity contribution in [3.8, 4) is 0 Å². The SMILES string of the molecule is CC(C)N1CCC(NS(=O)(=O)c2ccc(N3CCCC3=O)cc2)CC1. The van der Waals surface area contributed by atoms with Crippen LogP contribution < -0.4 is 9.62 Å². The molecule has 0 radical (unpaired) electrons. The number of hydrogen-bond donors (Lipinski definition) is 1. The topological polar surface area (TPSA) is 69.7 Å². The molecule has 3 rings (SSSR count). The van der Waals surface area contributed by atoms with Gasteiger partial charge in [-0.15, -0.1) is 0 Å². The summed E-state index contributed by atoms with van der Waals surface area (Å²) in [6, 6.07) is 7.11. The van der Waals surface area contributed by atoms with Crippen molar-refractivity contribution in [2.75, 3.05) is 24.5 Å². The Balaban J connectivity index is 1.63. The van der Waals surface area contributed by atoms with Crippen LogP contribution in [0.4, 0.5) is 5.69 Å². The van der Waals surface area contributed by atoms with E-state index in [1.54, 1.807) is 29.2 Å². The second-order valence-corrected chi connectivity index (χ2v) is 8.88. The molecule has 7 heteroatoms. The number of hydrogen-bond acceptors (Lipinski definition) is 4. The number of carbonyl (C=O) groups is 1. The fourth-order valence-corrected chi connectivity index (χ4v) is 4.85. The number of nitrogens with one attached hydrogen (secondary N) is 1. The molecule has 2 saturated heterocycles. The van der Waals surface area contributed by atoms with Gasteiger partial charge in [-0.1, -0.05) is 0 Å². The van der Waals surface area contributed by atoms with Gasteiger partial charge in [0.1, 0.15) is 0 Å². The number of nitrogens with zero attached hydrogens (tertiary/aromatic N) is 2. The summed E-state index contributed by atoms with van der Waals surface area (Å²) in [4.78, 5) is 16.1. The molecule has 0 spiro atoms. The van der Waals surface area contributed by atoms with E-state index in [2.05, 4.69) is 23.5 Å². The smallest absolute Gasteiger partial charge is 0.240 e. The van der Waals surface area contributed by atoms with Gasteiger partial charge in [0.25, 0.3) is 0 Å². The Hall–Kier alpha value is -1.44. The molecule has 1 aromatic carbocycles. The molecule has 2 aliphatic rings. The van der Waals surface area contributed by atoms with Crippen LogP contribution in [-0.4, -0.2) is 50.9 Å². The maximum absolute atomic E-state index is 12.6. The Bertz CT molecular complexity index is 708. The lowest BCUT2D eigenvalue weighted by molar-refractivity contribution is -0.117. The number of likely N-dealkylation sites (tertiary alicyclic amines) is 1. The predicted octanol–water partition coefficient (Wildman–Crippen LogP) is 1.96. The molecule has 0 bridgehead atoms. The van der Waals surface area contributed by atoms with Crippen LogP contribution in [-0.2, 0) is 14.8 Å². The minimum atomic E-state index is -3.52. The third-order valence-electron chi connectivity index (χ3n) is 5.11. The minimum Gasteiger partial charge on any atom is -0.312 e. The van der Waals surface area contributed by atoms with Gasteiger partial charge in [-0.3, -0.25) is 4.79 Å². The second kappa shape index (κ2) is 7.43. The normalized spacial score (nSPS) is 20.6. The van der Waals surface area contributed by atoms with Crippen LogP contribution in [0, 0.1) is 0 Å². The maximum Gasteiger partial charge on any atom is 0.240 e. The van der Waals surface area contributed by atoms with E-state index in [0.717, 1.165) is 38.0 Å². The van der Waals surface area contributed by atoms with Crippen molar-refractivity contribution in [3.63, 3.8) is 0 Å². The standard InChI is InChI=1S/C18H27N3O3S/c1-14(2)20-12-9-15(10-13-20)19-25(23,24)17-7-5-16(6-8-17)21-11-3-4-18(21)22/h5-8,14-15,19H,3-4,9-13H2,1-2H3. The van der Waals surface area contributed by atoms with E-state index in [9.17, 15) is 13.2 Å². The molecule has 1 N–H and O–H groups in total. The summed E-state index contributed by atoms with van der Waals surface area (Å²) >= 11 is 0. The fraction of sp³-hybridized carbons (Fsp3) is 0.611. The molecule has 2 fully saturated rings. The molecule has 25 heavy (non-hydrogen) atoms. The third kappa shape index (κ3) is 4.22. The van der Waals surface area contributed by atoms with E-state index in [4.69, 9.17) is 0 Å². The lowest BCUT2D eigenvalue weighted by atomic mass is 10.1. The quantitative estimate of drug-likeness (QED) is 0.866. The average molecular weight is 365 g/mol. The number of carbonyl (C=O) groups excluding carboxylic acids is 1. The molecule has 0 atom stereocenters. The molecule has 2 aliphatic heterocycles. The summed E-state index contributed by atoms with van der Waals surface area (Å²) < 4.78 is 28.0. The van der Waals surface area contributed by atoms with Crippen LogP contribution in [0.25, 0.3) is 0 Å². The summed E-state index contributed by atoms with van der Waals surface area (Å²) in [6.07, 6.45) is 3.09. The summed E-state index contributed by atoms with van der Waals surface area (Å²) in [6.45, 7) is 6.87. The van der Waals surface area contributed by atoms with E-state index in [1.165, 1.54) is 0 Å². The first-order valence-electron chi connectivity index (χ1n) is 9.03. The molecule has 1 aromatic rings. The van der Waals surface area contributed by atoms with Crippen molar-refractivity contribution in [3.05, 3.63) is 24.3 Å². The van der Waals surface area contributed by atoms with Crippen molar-refractivity contribution in [1.82, 2.24) is 9.62 Å². The first-order chi connectivity index (χ1) is 11.9. The zero-order valence-electron chi connectivity index (χ0n) is 14.9. The van der Waals surface area contributed by atoms with Crippen molar-refractivity contribution in [1.29, 1.82) is 0 Å². The third-order valence-corrected chi connectivity index (χ3v) is 6.65. The van der Waals surface area contributed by atoms with E-state index in [-0.39, 0.29) is 16.8 Å². The van der Waals surface area contributed by atoms with Gasteiger partial charge in [0.15, 0.2) is 0 Å². The van der Waals surface area contributed by atoms with Crippen LogP contribution in [0.2, 0.25) is 0 Å². The van der Waals surface area contributed by atoms with Crippen LogP contribution in [0.3, 0.4) is 0 Å². The second-order valence-electron chi connectivity index (χ2n) is 7.17. The van der Waals surface area contributed by atoms with Crippen LogP contribution >= 0.6 is 0 Å². The van der Waals surface area contributed by atoms with Gasteiger partial charge in [0.2, 0.25) is 15.9 Å². The summed E-state index contributed by atoms with van der Waals surface area (Å²) in [5, 5.41) is 0. The highest BCUT2D eigenvalue weighted by molar-refractivity contribution is 7.89. The van der Waals surface area contributed by atoms with Gasteiger partial charge in [0.05, 0.1) is 4.90 Å². The zero-order valence-corrected chi connectivity index (χ0v) is 15.8. The fourth-order valence-electron chi connectivity index (χ4n) is 3.55. The van der Waals surface area contributed by atoms with Crippen molar-refractivity contribution in [2.45, 2.75) is 56.5 Å². The number of anilines is 1. The summed E-state index contributed by atoms with van der Waals surface area (Å²) in [5.74, 6) is 0.102. The molecule has 138 valence electrons. The maximum atomic E-state index is 12.6. The molecule has 0 saturated carbocycles. The molecular weight excluding hydrogens is 338 g/mol. The van der Waals surface area contributed by atoms with Gasteiger partial charge in [-0.05, 0) is 70.5 Å². The number of rotatable bonds is 5. The largest absolute Gasteiger partial charge is 0.312 e. The lowest BCUT2D eigenvalue weighted by Crippen LogP contribution is -2.46. The Morgan fingerprint density at radius 1 is 1.08 bits per heavy atom. The molecule has 0 unspecified atom stereocenters. The van der Waals surface area contributed by atoms with Gasteiger partial charge >= 0.3 is 0 Å². The Morgan fingerprint density at radius 3 is 2.24 bits per heavy atom. The number of piperidine rings is 1. The predicted molar refractivity (Wildman–Crippen MR) is 98.1 cm³/mol. The number of benzene rings is 1. The molecule has 1 amide bonds. The monoisotopic (exact) mass is 365 g/mol. The average Bonchev–Trinajstić information content (AvgIpc) is 3.01. The van der Waals surface area contributed by atoms with Crippen molar-refractivity contribution >= 4 is 21.6 Å². The molecule has 0 aliphatic carbocycles. The molecular formula is C18H27N3O3S. The first-order valence-corrected chi connectivity index (χ1v) is 10.5. The highest BCUT2D eigenvalue weighted by Crippen LogP contribution is 2.23. The summed E-state index contributed by atoms with van der Waals surface area (Å²) in [7, 11) is -3.52. The lowest BCUT2D eigenvalue weighted by Gasteiger charge is -2.34. The van der Waals surface area contributed by atoms with Crippen molar-refractivity contribution < 1.29 is 13.2 Å². The molecule has 0 aromatic heterocycles. The van der Waals surface area contributed by atoms with E-state index in [1.807, 2.05) is 0 Å². The van der Waals surface area contributed by atoms with Gasteiger partial charge in [-0.2, -0.15) is 0 Å². The summed E-state index contributed by atoms with van der Waals surface area (Å²) in [5.41, 5.74) is 0.770. The first kappa shape index (κ1) is 18.4. The minimum absolute atomic E-state index is 0.0140. The Labute approximate surface area is 150 Å². The molecule has 2 heterocycles. The van der Waals surface area contributed by atoms with Gasteiger partial charge in [-0.25, -0.2) is 13.1 Å². The number of amides is 1. The van der Waals surface area contributed by atoms with E-state index >= 15 is 0 Å². The molecule has 6 nitrogen and oxygen atoms in total.